The number of hydrogen-bond acceptors (Lipinski definition) is 4. The molecule has 0 saturated carbocycles. The van der Waals surface area contributed by atoms with Gasteiger partial charge >= 0.3 is 0 Å². The molecule has 0 bridgehead atoms. The van der Waals surface area contributed by atoms with E-state index >= 15 is 0 Å². The Kier molecular flexibility index (Phi) is 5.39. The first-order valence-electron chi connectivity index (χ1n) is 7.22. The van der Waals surface area contributed by atoms with Crippen molar-refractivity contribution < 1.29 is 8.42 Å². The largest absolute Gasteiger partial charge is 0.381 e. The van der Waals surface area contributed by atoms with Crippen LogP contribution in [0.25, 0.3) is 0 Å². The smallest absolute Gasteiger partial charge is 0.240 e. The quantitative estimate of drug-likeness (QED) is 0.700. The summed E-state index contributed by atoms with van der Waals surface area (Å²) in [6.45, 7) is 6.36. The Morgan fingerprint density at radius 1 is 1.24 bits per heavy atom. The molecule has 2 rings (SSSR count). The van der Waals surface area contributed by atoms with Gasteiger partial charge in [0.1, 0.15) is 0 Å². The standard InChI is InChI=1S/C15H23N3O2S/c1-12(2)18-21(19,20)15-5-3-14(4-6-15)17-11-13-7-9-16-10-8-13/h3-7,12,16-18H,8-11H2,1-2H3. The predicted octanol–water partition coefficient (Wildman–Crippen LogP) is 1.70. The Morgan fingerprint density at radius 3 is 2.52 bits per heavy atom. The summed E-state index contributed by atoms with van der Waals surface area (Å²) in [7, 11) is -3.41. The molecular weight excluding hydrogens is 286 g/mol. The lowest BCUT2D eigenvalue weighted by atomic mass is 10.1. The van der Waals surface area contributed by atoms with Crippen molar-refractivity contribution in [1.82, 2.24) is 10.0 Å². The van der Waals surface area contributed by atoms with Gasteiger partial charge in [-0.1, -0.05) is 11.6 Å². The van der Waals surface area contributed by atoms with Crippen molar-refractivity contribution in [3.63, 3.8) is 0 Å². The van der Waals surface area contributed by atoms with E-state index in [0.717, 1.165) is 31.7 Å². The van der Waals surface area contributed by atoms with E-state index in [0.29, 0.717) is 4.90 Å². The Balaban J connectivity index is 1.97. The zero-order chi connectivity index (χ0) is 15.3. The second kappa shape index (κ2) is 7.06. The van der Waals surface area contributed by atoms with Crippen molar-refractivity contribution in [3.8, 4) is 0 Å². The zero-order valence-electron chi connectivity index (χ0n) is 12.5. The Morgan fingerprint density at radius 2 is 1.95 bits per heavy atom. The van der Waals surface area contributed by atoms with Gasteiger partial charge in [0.25, 0.3) is 0 Å². The molecule has 0 spiro atoms. The van der Waals surface area contributed by atoms with Gasteiger partial charge in [-0.3, -0.25) is 0 Å². The van der Waals surface area contributed by atoms with Gasteiger partial charge in [0.15, 0.2) is 0 Å². The number of rotatable bonds is 6. The Hall–Kier alpha value is -1.37. The van der Waals surface area contributed by atoms with Gasteiger partial charge in [0.05, 0.1) is 4.90 Å². The average Bonchev–Trinajstić information content (AvgIpc) is 2.45. The summed E-state index contributed by atoms with van der Waals surface area (Å²) in [5.41, 5.74) is 2.31. The number of benzene rings is 1. The fourth-order valence-electron chi connectivity index (χ4n) is 2.18. The fourth-order valence-corrected chi connectivity index (χ4v) is 3.43. The maximum Gasteiger partial charge on any atom is 0.240 e. The van der Waals surface area contributed by atoms with Crippen molar-refractivity contribution in [2.24, 2.45) is 0 Å². The molecule has 1 aromatic rings. The Labute approximate surface area is 126 Å². The predicted molar refractivity (Wildman–Crippen MR) is 86.0 cm³/mol. The van der Waals surface area contributed by atoms with Crippen molar-refractivity contribution in [2.75, 3.05) is 25.0 Å². The molecule has 3 N–H and O–H groups in total. The first-order chi connectivity index (χ1) is 9.97. The normalized spacial score (nSPS) is 15.9. The second-order valence-corrected chi connectivity index (χ2v) is 7.18. The van der Waals surface area contributed by atoms with E-state index in [9.17, 15) is 8.42 Å². The van der Waals surface area contributed by atoms with Crippen molar-refractivity contribution >= 4 is 15.7 Å². The third-order valence-corrected chi connectivity index (χ3v) is 4.91. The minimum absolute atomic E-state index is 0.111. The average molecular weight is 309 g/mol. The summed E-state index contributed by atoms with van der Waals surface area (Å²) >= 11 is 0. The van der Waals surface area contributed by atoms with Crippen LogP contribution in [-0.2, 0) is 10.0 Å². The van der Waals surface area contributed by atoms with E-state index in [1.807, 2.05) is 0 Å². The van der Waals surface area contributed by atoms with Crippen LogP contribution in [-0.4, -0.2) is 34.1 Å². The lowest BCUT2D eigenvalue weighted by Crippen LogP contribution is -2.30. The van der Waals surface area contributed by atoms with E-state index in [1.165, 1.54) is 5.57 Å². The van der Waals surface area contributed by atoms with E-state index < -0.39 is 10.0 Å². The number of sulfonamides is 1. The molecule has 0 saturated heterocycles. The molecular formula is C15H23N3O2S. The first kappa shape index (κ1) is 16.0. The van der Waals surface area contributed by atoms with Crippen LogP contribution in [0.1, 0.15) is 20.3 Å². The van der Waals surface area contributed by atoms with Gasteiger partial charge in [-0.2, -0.15) is 0 Å². The number of nitrogens with one attached hydrogen (secondary N) is 3. The van der Waals surface area contributed by atoms with E-state index in [-0.39, 0.29) is 6.04 Å². The molecule has 1 aliphatic heterocycles. The molecule has 0 radical (unpaired) electrons. The molecule has 0 atom stereocenters. The van der Waals surface area contributed by atoms with Gasteiger partial charge in [0.2, 0.25) is 10.0 Å². The first-order valence-corrected chi connectivity index (χ1v) is 8.70. The molecule has 0 fully saturated rings. The Bertz CT molecular complexity index is 592. The van der Waals surface area contributed by atoms with Gasteiger partial charge in [-0.15, -0.1) is 0 Å². The van der Waals surface area contributed by atoms with Crippen LogP contribution in [0.3, 0.4) is 0 Å². The van der Waals surface area contributed by atoms with Gasteiger partial charge in [-0.05, 0) is 51.1 Å². The zero-order valence-corrected chi connectivity index (χ0v) is 13.3. The molecule has 0 aromatic heterocycles. The summed E-state index contributed by atoms with van der Waals surface area (Å²) < 4.78 is 26.6. The second-order valence-electron chi connectivity index (χ2n) is 5.47. The lowest BCUT2D eigenvalue weighted by Gasteiger charge is -2.15. The topological polar surface area (TPSA) is 70.2 Å². The third-order valence-electron chi connectivity index (χ3n) is 3.23. The van der Waals surface area contributed by atoms with E-state index in [4.69, 9.17) is 0 Å². The molecule has 0 unspecified atom stereocenters. The molecule has 1 aliphatic rings. The molecule has 6 heteroatoms. The lowest BCUT2D eigenvalue weighted by molar-refractivity contribution is 0.570. The van der Waals surface area contributed by atoms with Crippen LogP contribution in [0.4, 0.5) is 5.69 Å². The molecule has 0 amide bonds. The highest BCUT2D eigenvalue weighted by atomic mass is 32.2. The van der Waals surface area contributed by atoms with Gasteiger partial charge in [0, 0.05) is 24.8 Å². The van der Waals surface area contributed by atoms with Crippen LogP contribution in [0.15, 0.2) is 40.8 Å². The van der Waals surface area contributed by atoms with Crippen LogP contribution in [0.5, 0.6) is 0 Å². The third kappa shape index (κ3) is 4.84. The number of hydrogen-bond donors (Lipinski definition) is 3. The van der Waals surface area contributed by atoms with Crippen molar-refractivity contribution in [1.29, 1.82) is 0 Å². The summed E-state index contributed by atoms with van der Waals surface area (Å²) in [6, 6.07) is 6.75. The summed E-state index contributed by atoms with van der Waals surface area (Å²) in [5.74, 6) is 0. The van der Waals surface area contributed by atoms with Crippen LogP contribution < -0.4 is 15.4 Å². The summed E-state index contributed by atoms with van der Waals surface area (Å²) in [6.07, 6.45) is 3.25. The molecule has 1 heterocycles. The van der Waals surface area contributed by atoms with Crippen LogP contribution in [0.2, 0.25) is 0 Å². The fraction of sp³-hybridized carbons (Fsp3) is 0.467. The van der Waals surface area contributed by atoms with Gasteiger partial charge in [-0.25, -0.2) is 13.1 Å². The molecule has 116 valence electrons. The highest BCUT2D eigenvalue weighted by molar-refractivity contribution is 7.89. The minimum Gasteiger partial charge on any atom is -0.381 e. The monoisotopic (exact) mass is 309 g/mol. The summed E-state index contributed by atoms with van der Waals surface area (Å²) in [5, 5.41) is 6.60. The maximum absolute atomic E-state index is 12.0. The maximum atomic E-state index is 12.0. The molecule has 5 nitrogen and oxygen atoms in total. The SMILES string of the molecule is CC(C)NS(=O)(=O)c1ccc(NCC2=CCNCC2)cc1. The molecule has 21 heavy (non-hydrogen) atoms. The number of anilines is 1. The van der Waals surface area contributed by atoms with E-state index in [1.54, 1.807) is 38.1 Å². The van der Waals surface area contributed by atoms with Gasteiger partial charge < -0.3 is 10.6 Å². The highest BCUT2D eigenvalue weighted by Crippen LogP contribution is 2.15. The van der Waals surface area contributed by atoms with Crippen LogP contribution in [0, 0.1) is 0 Å². The summed E-state index contributed by atoms with van der Waals surface area (Å²) in [4.78, 5) is 0.294. The highest BCUT2D eigenvalue weighted by Gasteiger charge is 2.14. The van der Waals surface area contributed by atoms with Crippen molar-refractivity contribution in [3.05, 3.63) is 35.9 Å². The van der Waals surface area contributed by atoms with Crippen LogP contribution >= 0.6 is 0 Å². The molecule has 1 aromatic carbocycles. The minimum atomic E-state index is -3.41. The van der Waals surface area contributed by atoms with E-state index in [2.05, 4.69) is 21.4 Å². The molecule has 0 aliphatic carbocycles. The van der Waals surface area contributed by atoms with Crippen molar-refractivity contribution in [2.45, 2.75) is 31.2 Å².